The van der Waals surface area contributed by atoms with Gasteiger partial charge in [0.05, 0.1) is 5.56 Å². The third-order valence-electron chi connectivity index (χ3n) is 5.59. The molecule has 0 unspecified atom stereocenters. The van der Waals surface area contributed by atoms with Crippen LogP contribution in [-0.2, 0) is 10.9 Å². The van der Waals surface area contributed by atoms with Gasteiger partial charge in [-0.1, -0.05) is 60.4 Å². The quantitative estimate of drug-likeness (QED) is 0.296. The highest BCUT2D eigenvalue weighted by molar-refractivity contribution is 5.80. The van der Waals surface area contributed by atoms with Crippen molar-refractivity contribution >= 4 is 12.4 Å². The molecule has 1 amide bonds. The predicted molar refractivity (Wildman–Crippen MR) is 121 cm³/mol. The molecule has 0 saturated carbocycles. The van der Waals surface area contributed by atoms with E-state index in [0.29, 0.717) is 6.29 Å². The molecule has 4 rings (SSSR count). The summed E-state index contributed by atoms with van der Waals surface area (Å²) >= 11 is 0. The first-order valence-corrected chi connectivity index (χ1v) is 10.6. The van der Waals surface area contributed by atoms with Crippen molar-refractivity contribution in [1.82, 2.24) is 5.32 Å². The molecule has 1 N–H and O–H groups in total. The van der Waals surface area contributed by atoms with Crippen LogP contribution in [0.5, 0.6) is 0 Å². The first-order valence-electron chi connectivity index (χ1n) is 10.6. The molecule has 3 aromatic carbocycles. The number of aldehydes is 1. The molecule has 1 aliphatic carbocycles. The van der Waals surface area contributed by atoms with Crippen LogP contribution >= 0.6 is 0 Å². The van der Waals surface area contributed by atoms with Crippen LogP contribution in [0.4, 0.5) is 18.0 Å². The second-order valence-corrected chi connectivity index (χ2v) is 7.72. The SMILES string of the molecule is O=Cc1cc(C(F)(F)F)ccc1C#CCCNC(=O)OCC1c2ccccc2-c2ccccc21. The first kappa shape index (κ1) is 23.1. The monoisotopic (exact) mass is 463 g/mol. The Morgan fingerprint density at radius 3 is 2.26 bits per heavy atom. The number of hydrogen-bond acceptors (Lipinski definition) is 3. The molecule has 0 bridgehead atoms. The summed E-state index contributed by atoms with van der Waals surface area (Å²) in [5.74, 6) is 5.39. The number of alkyl halides is 3. The van der Waals surface area contributed by atoms with Crippen molar-refractivity contribution in [2.75, 3.05) is 13.2 Å². The van der Waals surface area contributed by atoms with Gasteiger partial charge in [0.1, 0.15) is 6.61 Å². The number of alkyl carbamates (subject to hydrolysis) is 1. The minimum Gasteiger partial charge on any atom is -0.449 e. The highest BCUT2D eigenvalue weighted by Crippen LogP contribution is 2.44. The summed E-state index contributed by atoms with van der Waals surface area (Å²) in [6.45, 7) is 0.389. The summed E-state index contributed by atoms with van der Waals surface area (Å²) in [5.41, 5.74) is 3.67. The highest BCUT2D eigenvalue weighted by Gasteiger charge is 2.31. The fourth-order valence-corrected chi connectivity index (χ4v) is 3.98. The Balaban J connectivity index is 1.30. The molecule has 0 atom stereocenters. The van der Waals surface area contributed by atoms with Crippen molar-refractivity contribution in [3.63, 3.8) is 0 Å². The lowest BCUT2D eigenvalue weighted by Crippen LogP contribution is -2.26. The number of carbonyl (C=O) groups excluding carboxylic acids is 2. The number of rotatable bonds is 5. The molecule has 7 heteroatoms. The largest absolute Gasteiger partial charge is 0.449 e. The van der Waals surface area contributed by atoms with Gasteiger partial charge >= 0.3 is 12.3 Å². The van der Waals surface area contributed by atoms with Crippen molar-refractivity contribution < 1.29 is 27.5 Å². The average molecular weight is 463 g/mol. The van der Waals surface area contributed by atoms with E-state index in [4.69, 9.17) is 4.74 Å². The van der Waals surface area contributed by atoms with Crippen molar-refractivity contribution in [3.05, 3.63) is 94.5 Å². The maximum atomic E-state index is 12.8. The van der Waals surface area contributed by atoms with Crippen LogP contribution in [0.3, 0.4) is 0 Å². The maximum Gasteiger partial charge on any atom is 0.416 e. The van der Waals surface area contributed by atoms with E-state index >= 15 is 0 Å². The number of halogens is 3. The van der Waals surface area contributed by atoms with Crippen LogP contribution in [0.1, 0.15) is 45.0 Å². The standard InChI is InChI=1S/C27H20F3NO3/c28-27(29,30)20-13-12-18(19(15-20)16-32)7-5-6-14-31-26(33)34-17-25-23-10-3-1-8-21(23)22-9-2-4-11-24(22)25/h1-4,8-13,15-16,25H,6,14,17H2,(H,31,33). The Morgan fingerprint density at radius 1 is 1.00 bits per heavy atom. The Kier molecular flexibility index (Phi) is 6.69. The van der Waals surface area contributed by atoms with Crippen LogP contribution in [0, 0.1) is 11.8 Å². The number of amides is 1. The molecular formula is C27H20F3NO3. The third kappa shape index (κ3) is 4.96. The minimum absolute atomic E-state index is 0.0422. The molecule has 0 radical (unpaired) electrons. The molecule has 34 heavy (non-hydrogen) atoms. The van der Waals surface area contributed by atoms with Crippen molar-refractivity contribution in [1.29, 1.82) is 0 Å². The lowest BCUT2D eigenvalue weighted by Gasteiger charge is -2.14. The van der Waals surface area contributed by atoms with Crippen LogP contribution in [0.25, 0.3) is 11.1 Å². The zero-order chi connectivity index (χ0) is 24.1. The van der Waals surface area contributed by atoms with Gasteiger partial charge < -0.3 is 10.1 Å². The number of carbonyl (C=O) groups is 2. The summed E-state index contributed by atoms with van der Waals surface area (Å²) < 4.78 is 43.7. The first-order chi connectivity index (χ1) is 16.4. The van der Waals surface area contributed by atoms with E-state index in [2.05, 4.69) is 29.3 Å². The van der Waals surface area contributed by atoms with E-state index < -0.39 is 17.8 Å². The van der Waals surface area contributed by atoms with Gasteiger partial charge in [0, 0.05) is 30.0 Å². The van der Waals surface area contributed by atoms with E-state index in [0.717, 1.165) is 34.4 Å². The smallest absolute Gasteiger partial charge is 0.416 e. The van der Waals surface area contributed by atoms with Gasteiger partial charge in [-0.25, -0.2) is 4.79 Å². The van der Waals surface area contributed by atoms with Gasteiger partial charge in [-0.05, 0) is 40.5 Å². The zero-order valence-corrected chi connectivity index (χ0v) is 18.0. The van der Waals surface area contributed by atoms with Crippen molar-refractivity contribution in [2.45, 2.75) is 18.5 Å². The fourth-order valence-electron chi connectivity index (χ4n) is 3.98. The van der Waals surface area contributed by atoms with Gasteiger partial charge in [-0.3, -0.25) is 4.79 Å². The molecule has 4 nitrogen and oxygen atoms in total. The normalized spacial score (nSPS) is 12.2. The Hall–Kier alpha value is -4.05. The molecule has 3 aromatic rings. The summed E-state index contributed by atoms with van der Waals surface area (Å²) in [6.07, 6.45) is -4.53. The fraction of sp³-hybridized carbons (Fsp3) is 0.185. The van der Waals surface area contributed by atoms with E-state index in [-0.39, 0.29) is 36.6 Å². The number of hydrogen-bond donors (Lipinski definition) is 1. The minimum atomic E-state index is -4.53. The maximum absolute atomic E-state index is 12.8. The summed E-state index contributed by atoms with van der Waals surface area (Å²) in [4.78, 5) is 23.3. The number of nitrogens with one attached hydrogen (secondary N) is 1. The third-order valence-corrected chi connectivity index (χ3v) is 5.59. The van der Waals surface area contributed by atoms with E-state index in [1.807, 2.05) is 36.4 Å². The number of fused-ring (bicyclic) bond motifs is 3. The Bertz CT molecular complexity index is 1240. The molecule has 0 heterocycles. The molecule has 0 aromatic heterocycles. The predicted octanol–water partition coefficient (Wildman–Crippen LogP) is 5.80. The summed E-state index contributed by atoms with van der Waals surface area (Å²) in [7, 11) is 0. The van der Waals surface area contributed by atoms with Gasteiger partial charge in [0.15, 0.2) is 6.29 Å². The van der Waals surface area contributed by atoms with Gasteiger partial charge in [0.25, 0.3) is 0 Å². The van der Waals surface area contributed by atoms with E-state index in [9.17, 15) is 22.8 Å². The second-order valence-electron chi connectivity index (χ2n) is 7.72. The van der Waals surface area contributed by atoms with E-state index in [1.165, 1.54) is 6.07 Å². The summed E-state index contributed by atoms with van der Waals surface area (Å²) in [5, 5.41) is 2.62. The van der Waals surface area contributed by atoms with Gasteiger partial charge in [0.2, 0.25) is 0 Å². The van der Waals surface area contributed by atoms with E-state index in [1.54, 1.807) is 0 Å². The molecule has 0 aliphatic heterocycles. The molecule has 0 fully saturated rings. The van der Waals surface area contributed by atoms with Crippen LogP contribution in [-0.4, -0.2) is 25.5 Å². The Morgan fingerprint density at radius 2 is 1.65 bits per heavy atom. The molecule has 1 aliphatic rings. The van der Waals surface area contributed by atoms with Crippen LogP contribution in [0.2, 0.25) is 0 Å². The molecular weight excluding hydrogens is 443 g/mol. The van der Waals surface area contributed by atoms with Crippen LogP contribution in [0.15, 0.2) is 66.7 Å². The van der Waals surface area contributed by atoms with Crippen LogP contribution < -0.4 is 5.32 Å². The van der Waals surface area contributed by atoms with Gasteiger partial charge in [-0.2, -0.15) is 13.2 Å². The number of benzene rings is 3. The molecule has 0 saturated heterocycles. The molecule has 0 spiro atoms. The van der Waals surface area contributed by atoms with Crippen molar-refractivity contribution in [2.24, 2.45) is 0 Å². The second kappa shape index (κ2) is 9.84. The highest BCUT2D eigenvalue weighted by atomic mass is 19.4. The zero-order valence-electron chi connectivity index (χ0n) is 18.0. The Labute approximate surface area is 194 Å². The van der Waals surface area contributed by atoms with Crippen molar-refractivity contribution in [3.8, 4) is 23.0 Å². The molecule has 172 valence electrons. The van der Waals surface area contributed by atoms with Gasteiger partial charge in [-0.15, -0.1) is 0 Å². The number of ether oxygens (including phenoxy) is 1. The lowest BCUT2D eigenvalue weighted by molar-refractivity contribution is -0.137. The topological polar surface area (TPSA) is 55.4 Å². The summed E-state index contributed by atoms with van der Waals surface area (Å²) in [6, 6.07) is 18.9. The lowest BCUT2D eigenvalue weighted by atomic mass is 9.98. The average Bonchev–Trinajstić information content (AvgIpc) is 3.15.